The van der Waals surface area contributed by atoms with Crippen LogP contribution in [0.25, 0.3) is 0 Å². The van der Waals surface area contributed by atoms with Gasteiger partial charge in [0.1, 0.15) is 0 Å². The lowest BCUT2D eigenvalue weighted by molar-refractivity contribution is 0.864. The molecule has 2 rings (SSSR count). The lowest BCUT2D eigenvalue weighted by Gasteiger charge is -2.13. The smallest absolute Gasteiger partial charge is 0.230 e. The fourth-order valence-electron chi connectivity index (χ4n) is 1.45. The topological polar surface area (TPSA) is 53.9 Å². The Morgan fingerprint density at radius 1 is 1.20 bits per heavy atom. The highest BCUT2D eigenvalue weighted by Gasteiger charge is 2.10. The minimum absolute atomic E-state index is 0.570. The molecule has 0 saturated carbocycles. The molecule has 0 unspecified atom stereocenters. The Hall–Kier alpha value is -1.53. The molecule has 0 bridgehead atoms. The van der Waals surface area contributed by atoms with Gasteiger partial charge in [0.15, 0.2) is 5.16 Å². The van der Waals surface area contributed by atoms with Crippen LogP contribution in [0.1, 0.15) is 6.92 Å². The Labute approximate surface area is 127 Å². The number of aromatic nitrogens is 3. The maximum absolute atomic E-state index is 6.16. The number of nitrogens with zero attached hydrogens (tertiary/aromatic N) is 4. The minimum Gasteiger partial charge on any atom is -0.354 e. The van der Waals surface area contributed by atoms with Crippen molar-refractivity contribution in [2.45, 2.75) is 17.0 Å². The Kier molecular flexibility index (Phi) is 5.03. The third-order valence-electron chi connectivity index (χ3n) is 2.38. The molecule has 0 fully saturated rings. The van der Waals surface area contributed by atoms with E-state index < -0.39 is 0 Å². The predicted molar refractivity (Wildman–Crippen MR) is 83.9 cm³/mol. The van der Waals surface area contributed by atoms with Gasteiger partial charge in [0.25, 0.3) is 0 Å². The van der Waals surface area contributed by atoms with Crippen molar-refractivity contribution in [2.75, 3.05) is 30.9 Å². The SMILES string of the molecule is CCNc1nc(Sc2ccccc2Cl)nc(N(C)C)n1. The van der Waals surface area contributed by atoms with Gasteiger partial charge >= 0.3 is 0 Å². The zero-order valence-corrected chi connectivity index (χ0v) is 13.2. The first kappa shape index (κ1) is 14.9. The molecule has 0 atom stereocenters. The maximum atomic E-state index is 6.16. The molecule has 5 nitrogen and oxygen atoms in total. The Morgan fingerprint density at radius 2 is 1.95 bits per heavy atom. The molecule has 106 valence electrons. The average molecular weight is 310 g/mol. The van der Waals surface area contributed by atoms with Crippen molar-refractivity contribution in [3.05, 3.63) is 29.3 Å². The van der Waals surface area contributed by atoms with E-state index in [-0.39, 0.29) is 0 Å². The summed E-state index contributed by atoms with van der Waals surface area (Å²) >= 11 is 7.58. The first-order valence-corrected chi connectivity index (χ1v) is 7.39. The molecular weight excluding hydrogens is 294 g/mol. The van der Waals surface area contributed by atoms with Crippen molar-refractivity contribution in [3.8, 4) is 0 Å². The van der Waals surface area contributed by atoms with E-state index in [1.54, 1.807) is 0 Å². The first-order valence-electron chi connectivity index (χ1n) is 6.19. The van der Waals surface area contributed by atoms with Gasteiger partial charge in [0, 0.05) is 25.5 Å². The van der Waals surface area contributed by atoms with E-state index in [0.29, 0.717) is 22.1 Å². The summed E-state index contributed by atoms with van der Waals surface area (Å²) in [5.41, 5.74) is 0. The van der Waals surface area contributed by atoms with Crippen LogP contribution in [0.15, 0.2) is 34.3 Å². The summed E-state index contributed by atoms with van der Waals surface area (Å²) in [5.74, 6) is 1.19. The van der Waals surface area contributed by atoms with Crippen LogP contribution in [0.4, 0.5) is 11.9 Å². The van der Waals surface area contributed by atoms with E-state index in [4.69, 9.17) is 11.6 Å². The second-order valence-corrected chi connectivity index (χ2v) is 5.62. The number of halogens is 1. The van der Waals surface area contributed by atoms with Crippen molar-refractivity contribution >= 4 is 35.3 Å². The lowest BCUT2D eigenvalue weighted by Crippen LogP contribution is -2.15. The minimum atomic E-state index is 0.570. The van der Waals surface area contributed by atoms with Gasteiger partial charge < -0.3 is 10.2 Å². The summed E-state index contributed by atoms with van der Waals surface area (Å²) in [4.78, 5) is 15.9. The summed E-state index contributed by atoms with van der Waals surface area (Å²) < 4.78 is 0. The van der Waals surface area contributed by atoms with Crippen molar-refractivity contribution in [2.24, 2.45) is 0 Å². The number of anilines is 2. The summed E-state index contributed by atoms with van der Waals surface area (Å²) in [6, 6.07) is 7.63. The summed E-state index contributed by atoms with van der Waals surface area (Å²) in [6.45, 7) is 2.76. The highest BCUT2D eigenvalue weighted by molar-refractivity contribution is 7.99. The third kappa shape index (κ3) is 3.74. The molecule has 7 heteroatoms. The Bertz CT molecular complexity index is 591. The van der Waals surface area contributed by atoms with E-state index in [2.05, 4.69) is 20.3 Å². The lowest BCUT2D eigenvalue weighted by atomic mass is 10.4. The Balaban J connectivity index is 2.33. The van der Waals surface area contributed by atoms with Crippen LogP contribution in [0.3, 0.4) is 0 Å². The Morgan fingerprint density at radius 3 is 2.60 bits per heavy atom. The van der Waals surface area contributed by atoms with Crippen LogP contribution >= 0.6 is 23.4 Å². The molecule has 0 aliphatic heterocycles. The van der Waals surface area contributed by atoms with Gasteiger partial charge in [-0.15, -0.1) is 0 Å². The fraction of sp³-hybridized carbons (Fsp3) is 0.308. The second kappa shape index (κ2) is 6.76. The molecule has 20 heavy (non-hydrogen) atoms. The van der Waals surface area contributed by atoms with Gasteiger partial charge in [-0.3, -0.25) is 0 Å². The van der Waals surface area contributed by atoms with Gasteiger partial charge in [-0.25, -0.2) is 0 Å². The highest BCUT2D eigenvalue weighted by Crippen LogP contribution is 2.31. The van der Waals surface area contributed by atoms with Crippen molar-refractivity contribution in [1.29, 1.82) is 0 Å². The number of benzene rings is 1. The summed E-state index contributed by atoms with van der Waals surface area (Å²) in [6.07, 6.45) is 0. The van der Waals surface area contributed by atoms with Crippen LogP contribution in [-0.4, -0.2) is 35.6 Å². The number of hydrogen-bond acceptors (Lipinski definition) is 6. The van der Waals surface area contributed by atoms with Crippen LogP contribution in [-0.2, 0) is 0 Å². The molecule has 1 aromatic heterocycles. The molecule has 0 aliphatic carbocycles. The van der Waals surface area contributed by atoms with Crippen molar-refractivity contribution in [3.63, 3.8) is 0 Å². The maximum Gasteiger partial charge on any atom is 0.230 e. The van der Waals surface area contributed by atoms with Crippen molar-refractivity contribution in [1.82, 2.24) is 15.0 Å². The largest absolute Gasteiger partial charge is 0.354 e. The zero-order chi connectivity index (χ0) is 14.5. The second-order valence-electron chi connectivity index (χ2n) is 4.20. The van der Waals surface area contributed by atoms with Gasteiger partial charge in [0.2, 0.25) is 11.9 Å². The normalized spacial score (nSPS) is 10.4. The molecule has 0 spiro atoms. The van der Waals surface area contributed by atoms with Crippen LogP contribution in [0.2, 0.25) is 5.02 Å². The molecule has 1 aromatic carbocycles. The van der Waals surface area contributed by atoms with Gasteiger partial charge in [-0.05, 0) is 30.8 Å². The number of nitrogens with one attached hydrogen (secondary N) is 1. The average Bonchev–Trinajstić information content (AvgIpc) is 2.41. The zero-order valence-electron chi connectivity index (χ0n) is 11.6. The fourth-order valence-corrected chi connectivity index (χ4v) is 2.47. The molecule has 2 aromatic rings. The predicted octanol–water partition coefficient (Wildman–Crippen LogP) is 3.17. The molecule has 0 saturated heterocycles. The summed E-state index contributed by atoms with van der Waals surface area (Å²) in [7, 11) is 3.80. The van der Waals surface area contributed by atoms with Gasteiger partial charge in [-0.1, -0.05) is 23.7 Å². The number of hydrogen-bond donors (Lipinski definition) is 1. The van der Waals surface area contributed by atoms with Crippen LogP contribution in [0, 0.1) is 0 Å². The third-order valence-corrected chi connectivity index (χ3v) is 3.76. The van der Waals surface area contributed by atoms with E-state index in [0.717, 1.165) is 11.4 Å². The highest BCUT2D eigenvalue weighted by atomic mass is 35.5. The van der Waals surface area contributed by atoms with E-state index in [1.807, 2.05) is 50.2 Å². The molecule has 1 heterocycles. The van der Waals surface area contributed by atoms with E-state index >= 15 is 0 Å². The molecule has 1 N–H and O–H groups in total. The van der Waals surface area contributed by atoms with Crippen LogP contribution < -0.4 is 10.2 Å². The van der Waals surface area contributed by atoms with E-state index in [9.17, 15) is 0 Å². The summed E-state index contributed by atoms with van der Waals surface area (Å²) in [5, 5.41) is 4.42. The standard InChI is InChI=1S/C13H16ClN5S/c1-4-15-11-16-12(19(2)3)18-13(17-11)20-10-8-6-5-7-9(10)14/h5-8H,4H2,1-3H3,(H,15,16,17,18). The van der Waals surface area contributed by atoms with Crippen molar-refractivity contribution < 1.29 is 0 Å². The van der Waals surface area contributed by atoms with E-state index in [1.165, 1.54) is 11.8 Å². The van der Waals surface area contributed by atoms with Crippen LogP contribution in [0.5, 0.6) is 0 Å². The molecule has 0 radical (unpaired) electrons. The van der Waals surface area contributed by atoms with Gasteiger partial charge in [0.05, 0.1) is 5.02 Å². The number of rotatable bonds is 5. The molecular formula is C13H16ClN5S. The molecule has 0 amide bonds. The van der Waals surface area contributed by atoms with Gasteiger partial charge in [-0.2, -0.15) is 15.0 Å². The molecule has 0 aliphatic rings. The quantitative estimate of drug-likeness (QED) is 0.915. The first-order chi connectivity index (χ1) is 9.60. The monoisotopic (exact) mass is 309 g/mol.